The summed E-state index contributed by atoms with van der Waals surface area (Å²) in [5.74, 6) is 0.670. The molecule has 1 aromatic heterocycles. The van der Waals surface area contributed by atoms with E-state index in [9.17, 15) is 0 Å². The maximum Gasteiger partial charge on any atom is 0.138 e. The standard InChI is InChI=1S/C14H18ClN3O/c1-2-5-18-10-17-8-12(18)9-19-14-4-3-11(7-16)6-13(14)15/h3-4,6,8,10H,2,5,7,9,16H2,1H3. The van der Waals surface area contributed by atoms with Gasteiger partial charge in [0, 0.05) is 13.1 Å². The number of benzene rings is 1. The minimum Gasteiger partial charge on any atom is -0.486 e. The van der Waals surface area contributed by atoms with Crippen molar-refractivity contribution in [2.45, 2.75) is 33.0 Å². The van der Waals surface area contributed by atoms with E-state index in [-0.39, 0.29) is 0 Å². The zero-order chi connectivity index (χ0) is 13.7. The van der Waals surface area contributed by atoms with Crippen molar-refractivity contribution in [3.8, 4) is 5.75 Å². The molecule has 4 nitrogen and oxygen atoms in total. The van der Waals surface area contributed by atoms with Gasteiger partial charge in [0.2, 0.25) is 0 Å². The molecule has 0 atom stereocenters. The van der Waals surface area contributed by atoms with Crippen molar-refractivity contribution in [3.63, 3.8) is 0 Å². The average Bonchev–Trinajstić information content (AvgIpc) is 2.85. The Kier molecular flexibility index (Phi) is 4.82. The monoisotopic (exact) mass is 279 g/mol. The Hall–Kier alpha value is -1.52. The third-order valence-corrected chi connectivity index (χ3v) is 3.17. The van der Waals surface area contributed by atoms with Crippen LogP contribution in [0, 0.1) is 0 Å². The first-order valence-electron chi connectivity index (χ1n) is 6.35. The molecule has 19 heavy (non-hydrogen) atoms. The fourth-order valence-electron chi connectivity index (χ4n) is 1.85. The summed E-state index contributed by atoms with van der Waals surface area (Å²) in [6.45, 7) is 4.01. The second kappa shape index (κ2) is 6.59. The van der Waals surface area contributed by atoms with E-state index in [1.54, 1.807) is 0 Å². The van der Waals surface area contributed by atoms with Crippen LogP contribution in [0.4, 0.5) is 0 Å². The molecule has 2 N–H and O–H groups in total. The maximum absolute atomic E-state index is 6.15. The maximum atomic E-state index is 6.15. The van der Waals surface area contributed by atoms with Crippen molar-refractivity contribution in [1.29, 1.82) is 0 Å². The van der Waals surface area contributed by atoms with Gasteiger partial charge in [-0.3, -0.25) is 0 Å². The van der Waals surface area contributed by atoms with Gasteiger partial charge in [-0.15, -0.1) is 0 Å². The van der Waals surface area contributed by atoms with E-state index in [1.807, 2.05) is 30.7 Å². The van der Waals surface area contributed by atoms with E-state index in [0.29, 0.717) is 23.9 Å². The average molecular weight is 280 g/mol. The second-order valence-electron chi connectivity index (χ2n) is 4.34. The first-order chi connectivity index (χ1) is 9.24. The fraction of sp³-hybridized carbons (Fsp3) is 0.357. The van der Waals surface area contributed by atoms with Gasteiger partial charge < -0.3 is 15.0 Å². The minimum atomic E-state index is 0.460. The topological polar surface area (TPSA) is 53.1 Å². The van der Waals surface area contributed by atoms with Crippen LogP contribution < -0.4 is 10.5 Å². The molecule has 2 rings (SSSR count). The van der Waals surface area contributed by atoms with Crippen LogP contribution in [0.5, 0.6) is 5.75 Å². The third kappa shape index (κ3) is 3.49. The van der Waals surface area contributed by atoms with Crippen molar-refractivity contribution >= 4 is 11.6 Å². The molecule has 0 spiro atoms. The molecule has 0 aliphatic rings. The van der Waals surface area contributed by atoms with Crippen LogP contribution in [0.3, 0.4) is 0 Å². The molecule has 0 bridgehead atoms. The number of nitrogens with zero attached hydrogens (tertiary/aromatic N) is 2. The molecule has 1 heterocycles. The first kappa shape index (κ1) is 13.9. The predicted octanol–water partition coefficient (Wildman–Crippen LogP) is 2.98. The van der Waals surface area contributed by atoms with Crippen molar-refractivity contribution in [3.05, 3.63) is 47.0 Å². The summed E-state index contributed by atoms with van der Waals surface area (Å²) in [6, 6.07) is 5.61. The van der Waals surface area contributed by atoms with Gasteiger partial charge in [0.05, 0.1) is 23.2 Å². The molecule has 0 amide bonds. The highest BCUT2D eigenvalue weighted by molar-refractivity contribution is 6.32. The molecule has 0 saturated heterocycles. The lowest BCUT2D eigenvalue weighted by Gasteiger charge is -2.10. The Balaban J connectivity index is 2.04. The second-order valence-corrected chi connectivity index (χ2v) is 4.74. The number of ether oxygens (including phenoxy) is 1. The quantitative estimate of drug-likeness (QED) is 0.884. The normalized spacial score (nSPS) is 10.7. The largest absolute Gasteiger partial charge is 0.486 e. The van der Waals surface area contributed by atoms with E-state index >= 15 is 0 Å². The van der Waals surface area contributed by atoms with Crippen LogP contribution in [-0.2, 0) is 19.7 Å². The van der Waals surface area contributed by atoms with E-state index in [1.165, 1.54) is 0 Å². The summed E-state index contributed by atoms with van der Waals surface area (Å²) in [7, 11) is 0. The van der Waals surface area contributed by atoms with Crippen LogP contribution in [0.15, 0.2) is 30.7 Å². The number of nitrogens with two attached hydrogens (primary N) is 1. The van der Waals surface area contributed by atoms with E-state index in [0.717, 1.165) is 24.2 Å². The van der Waals surface area contributed by atoms with Crippen LogP contribution in [0.1, 0.15) is 24.6 Å². The van der Waals surface area contributed by atoms with Gasteiger partial charge in [0.15, 0.2) is 0 Å². The lowest BCUT2D eigenvalue weighted by molar-refractivity contribution is 0.294. The SMILES string of the molecule is CCCn1cncc1COc1ccc(CN)cc1Cl. The molecule has 0 aliphatic heterocycles. The van der Waals surface area contributed by atoms with Crippen LogP contribution >= 0.6 is 11.6 Å². The van der Waals surface area contributed by atoms with Gasteiger partial charge in [-0.2, -0.15) is 0 Å². The van der Waals surface area contributed by atoms with Crippen molar-refractivity contribution in [2.24, 2.45) is 5.73 Å². The number of hydrogen-bond donors (Lipinski definition) is 1. The summed E-state index contributed by atoms with van der Waals surface area (Å²) in [6.07, 6.45) is 4.70. The van der Waals surface area contributed by atoms with Gasteiger partial charge in [-0.25, -0.2) is 4.98 Å². The number of halogens is 1. The summed E-state index contributed by atoms with van der Waals surface area (Å²) in [5, 5.41) is 0.588. The summed E-state index contributed by atoms with van der Waals surface area (Å²) < 4.78 is 7.82. The van der Waals surface area contributed by atoms with Gasteiger partial charge >= 0.3 is 0 Å². The zero-order valence-corrected chi connectivity index (χ0v) is 11.7. The first-order valence-corrected chi connectivity index (χ1v) is 6.72. The Morgan fingerprint density at radius 3 is 2.95 bits per heavy atom. The summed E-state index contributed by atoms with van der Waals surface area (Å²) in [4.78, 5) is 4.14. The van der Waals surface area contributed by atoms with Crippen molar-refractivity contribution in [2.75, 3.05) is 0 Å². The lowest BCUT2D eigenvalue weighted by Crippen LogP contribution is -2.05. The zero-order valence-electron chi connectivity index (χ0n) is 11.0. The summed E-state index contributed by atoms with van der Waals surface area (Å²) >= 11 is 6.15. The number of aromatic nitrogens is 2. The van der Waals surface area contributed by atoms with Gasteiger partial charge in [0.25, 0.3) is 0 Å². The lowest BCUT2D eigenvalue weighted by atomic mass is 10.2. The summed E-state index contributed by atoms with van der Waals surface area (Å²) in [5.41, 5.74) is 7.60. The smallest absolute Gasteiger partial charge is 0.138 e. The number of imidazole rings is 1. The molecule has 102 valence electrons. The minimum absolute atomic E-state index is 0.460. The molecule has 0 fully saturated rings. The Bertz CT molecular complexity index is 539. The van der Waals surface area contributed by atoms with Gasteiger partial charge in [-0.1, -0.05) is 24.6 Å². The van der Waals surface area contributed by atoms with Crippen LogP contribution in [0.25, 0.3) is 0 Å². The molecular formula is C14H18ClN3O. The molecule has 0 aliphatic carbocycles. The number of hydrogen-bond acceptors (Lipinski definition) is 3. The molecule has 2 aromatic rings. The highest BCUT2D eigenvalue weighted by Crippen LogP contribution is 2.26. The molecule has 5 heteroatoms. The van der Waals surface area contributed by atoms with Gasteiger partial charge in [0.1, 0.15) is 12.4 Å². The number of rotatable bonds is 6. The third-order valence-electron chi connectivity index (χ3n) is 2.87. The van der Waals surface area contributed by atoms with Crippen LogP contribution in [-0.4, -0.2) is 9.55 Å². The molecular weight excluding hydrogens is 262 g/mol. The Morgan fingerprint density at radius 1 is 1.42 bits per heavy atom. The molecule has 0 radical (unpaired) electrons. The van der Waals surface area contributed by atoms with E-state index in [2.05, 4.69) is 16.5 Å². The van der Waals surface area contributed by atoms with Gasteiger partial charge in [-0.05, 0) is 24.1 Å². The molecule has 0 unspecified atom stereocenters. The fourth-order valence-corrected chi connectivity index (χ4v) is 2.11. The van der Waals surface area contributed by atoms with E-state index < -0.39 is 0 Å². The number of aryl methyl sites for hydroxylation is 1. The molecule has 0 saturated carbocycles. The Morgan fingerprint density at radius 2 is 2.26 bits per heavy atom. The Labute approximate surface area is 118 Å². The molecule has 1 aromatic carbocycles. The predicted molar refractivity (Wildman–Crippen MR) is 76.2 cm³/mol. The highest BCUT2D eigenvalue weighted by Gasteiger charge is 2.06. The van der Waals surface area contributed by atoms with Crippen molar-refractivity contribution < 1.29 is 4.74 Å². The highest BCUT2D eigenvalue weighted by atomic mass is 35.5. The van der Waals surface area contributed by atoms with Crippen molar-refractivity contribution in [1.82, 2.24) is 9.55 Å². The van der Waals surface area contributed by atoms with Crippen LogP contribution in [0.2, 0.25) is 5.02 Å². The van der Waals surface area contributed by atoms with E-state index in [4.69, 9.17) is 22.1 Å².